The molecule has 1 aliphatic carbocycles. The molecule has 1 heterocycles. The zero-order valence-corrected chi connectivity index (χ0v) is 13.4. The SMILES string of the molecule is CCC(C)C1NC(=O)C(C)N(C2CCCC2(C)C)C1=O. The van der Waals surface area contributed by atoms with E-state index in [0.717, 1.165) is 25.7 Å². The number of carbonyl (C=O) groups is 2. The molecule has 20 heavy (non-hydrogen) atoms. The first kappa shape index (κ1) is 15.3. The molecule has 114 valence electrons. The molecule has 4 unspecified atom stereocenters. The topological polar surface area (TPSA) is 49.4 Å². The predicted molar refractivity (Wildman–Crippen MR) is 79.1 cm³/mol. The zero-order chi connectivity index (χ0) is 15.1. The molecule has 2 amide bonds. The van der Waals surface area contributed by atoms with Crippen LogP contribution in [0.5, 0.6) is 0 Å². The maximum Gasteiger partial charge on any atom is 0.246 e. The Balaban J connectivity index is 2.29. The molecule has 0 aromatic heterocycles. The van der Waals surface area contributed by atoms with E-state index in [-0.39, 0.29) is 41.3 Å². The Bertz CT molecular complexity index is 405. The van der Waals surface area contributed by atoms with E-state index in [1.807, 2.05) is 18.7 Å². The summed E-state index contributed by atoms with van der Waals surface area (Å²) in [6.07, 6.45) is 4.18. The molecule has 4 heteroatoms. The van der Waals surface area contributed by atoms with Crippen molar-refractivity contribution in [2.45, 2.75) is 78.4 Å². The summed E-state index contributed by atoms with van der Waals surface area (Å²) in [7, 11) is 0. The number of amides is 2. The normalized spacial score (nSPS) is 35.0. The second kappa shape index (κ2) is 5.38. The first-order valence-corrected chi connectivity index (χ1v) is 7.92. The molecule has 4 atom stereocenters. The number of hydrogen-bond donors (Lipinski definition) is 1. The van der Waals surface area contributed by atoms with Gasteiger partial charge in [-0.25, -0.2) is 0 Å². The molecule has 0 aromatic rings. The van der Waals surface area contributed by atoms with Gasteiger partial charge in [-0.2, -0.15) is 0 Å². The second-order valence-corrected chi connectivity index (χ2v) is 7.19. The summed E-state index contributed by atoms with van der Waals surface area (Å²) >= 11 is 0. The fourth-order valence-corrected chi connectivity index (χ4v) is 3.68. The van der Waals surface area contributed by atoms with Crippen molar-refractivity contribution in [3.05, 3.63) is 0 Å². The number of piperazine rings is 1. The minimum absolute atomic E-state index is 0.00222. The molecular formula is C16H28N2O2. The summed E-state index contributed by atoms with van der Waals surface area (Å²) in [6, 6.07) is -0.493. The van der Waals surface area contributed by atoms with Gasteiger partial charge in [0.25, 0.3) is 0 Å². The van der Waals surface area contributed by atoms with E-state index in [9.17, 15) is 9.59 Å². The lowest BCUT2D eigenvalue weighted by Gasteiger charge is -2.46. The summed E-state index contributed by atoms with van der Waals surface area (Å²) < 4.78 is 0. The van der Waals surface area contributed by atoms with Crippen LogP contribution in [0.15, 0.2) is 0 Å². The Morgan fingerprint density at radius 2 is 2.05 bits per heavy atom. The third kappa shape index (κ3) is 2.45. The van der Waals surface area contributed by atoms with Crippen molar-refractivity contribution in [3.63, 3.8) is 0 Å². The molecule has 0 radical (unpaired) electrons. The van der Waals surface area contributed by atoms with Crippen molar-refractivity contribution in [2.75, 3.05) is 0 Å². The maximum absolute atomic E-state index is 12.9. The number of hydrogen-bond acceptors (Lipinski definition) is 2. The Morgan fingerprint density at radius 3 is 2.55 bits per heavy atom. The minimum atomic E-state index is -0.347. The lowest BCUT2D eigenvalue weighted by molar-refractivity contribution is -0.155. The molecule has 1 saturated carbocycles. The van der Waals surface area contributed by atoms with Crippen LogP contribution in [0, 0.1) is 11.3 Å². The summed E-state index contributed by atoms with van der Waals surface area (Å²) in [5, 5.41) is 2.92. The van der Waals surface area contributed by atoms with Crippen LogP contribution in [-0.2, 0) is 9.59 Å². The molecule has 4 nitrogen and oxygen atoms in total. The van der Waals surface area contributed by atoms with Gasteiger partial charge in [0.15, 0.2) is 0 Å². The minimum Gasteiger partial charge on any atom is -0.342 e. The molecule has 0 spiro atoms. The molecule has 0 aromatic carbocycles. The van der Waals surface area contributed by atoms with E-state index >= 15 is 0 Å². The second-order valence-electron chi connectivity index (χ2n) is 7.19. The highest BCUT2D eigenvalue weighted by Gasteiger charge is 2.48. The van der Waals surface area contributed by atoms with Gasteiger partial charge in [-0.1, -0.05) is 40.5 Å². The zero-order valence-electron chi connectivity index (χ0n) is 13.4. The van der Waals surface area contributed by atoms with Crippen molar-refractivity contribution in [2.24, 2.45) is 11.3 Å². The fourth-order valence-electron chi connectivity index (χ4n) is 3.68. The molecule has 1 aliphatic heterocycles. The highest BCUT2D eigenvalue weighted by molar-refractivity contribution is 5.97. The number of nitrogens with zero attached hydrogens (tertiary/aromatic N) is 1. The average molecular weight is 280 g/mol. The van der Waals surface area contributed by atoms with Gasteiger partial charge < -0.3 is 10.2 Å². The van der Waals surface area contributed by atoms with E-state index < -0.39 is 0 Å². The number of carbonyl (C=O) groups excluding carboxylic acids is 2. The molecule has 2 aliphatic rings. The van der Waals surface area contributed by atoms with Gasteiger partial charge in [0.05, 0.1) is 0 Å². The van der Waals surface area contributed by atoms with Crippen LogP contribution in [0.2, 0.25) is 0 Å². The molecule has 1 saturated heterocycles. The Kier molecular flexibility index (Phi) is 4.12. The number of nitrogens with one attached hydrogen (secondary N) is 1. The standard InChI is InChI=1S/C16H28N2O2/c1-6-10(2)13-15(20)18(11(3)14(19)17-13)12-8-7-9-16(12,4)5/h10-13H,6-9H2,1-5H3,(H,17,19). The monoisotopic (exact) mass is 280 g/mol. The summed E-state index contributed by atoms with van der Waals surface area (Å²) in [5.41, 5.74) is 0.113. The molecule has 1 N–H and O–H groups in total. The van der Waals surface area contributed by atoms with Crippen LogP contribution in [0.4, 0.5) is 0 Å². The van der Waals surface area contributed by atoms with E-state index in [0.29, 0.717) is 0 Å². The third-order valence-corrected chi connectivity index (χ3v) is 5.36. The van der Waals surface area contributed by atoms with Gasteiger partial charge in [0.2, 0.25) is 11.8 Å². The van der Waals surface area contributed by atoms with Crippen molar-refractivity contribution in [1.82, 2.24) is 10.2 Å². The fraction of sp³-hybridized carbons (Fsp3) is 0.875. The van der Waals surface area contributed by atoms with Crippen LogP contribution in [-0.4, -0.2) is 34.8 Å². The van der Waals surface area contributed by atoms with Crippen LogP contribution in [0.25, 0.3) is 0 Å². The van der Waals surface area contributed by atoms with E-state index in [1.54, 1.807) is 0 Å². The van der Waals surface area contributed by atoms with Gasteiger partial charge in [-0.05, 0) is 31.1 Å². The van der Waals surface area contributed by atoms with Gasteiger partial charge in [0.1, 0.15) is 12.1 Å². The Hall–Kier alpha value is -1.06. The molecular weight excluding hydrogens is 252 g/mol. The van der Waals surface area contributed by atoms with Gasteiger partial charge in [-0.15, -0.1) is 0 Å². The van der Waals surface area contributed by atoms with Gasteiger partial charge in [-0.3, -0.25) is 9.59 Å². The molecule has 0 bridgehead atoms. The van der Waals surface area contributed by atoms with Crippen LogP contribution in [0.3, 0.4) is 0 Å². The Morgan fingerprint density at radius 1 is 1.40 bits per heavy atom. The summed E-state index contributed by atoms with van der Waals surface area (Å²) in [4.78, 5) is 27.0. The summed E-state index contributed by atoms with van der Waals surface area (Å²) in [6.45, 7) is 10.4. The first-order chi connectivity index (χ1) is 9.29. The quantitative estimate of drug-likeness (QED) is 0.862. The number of rotatable bonds is 3. The highest BCUT2D eigenvalue weighted by atomic mass is 16.2. The van der Waals surface area contributed by atoms with Gasteiger partial charge >= 0.3 is 0 Å². The Labute approximate surface area is 122 Å². The van der Waals surface area contributed by atoms with Crippen LogP contribution in [0.1, 0.15) is 60.3 Å². The summed E-state index contributed by atoms with van der Waals surface area (Å²) in [5.74, 6) is 0.301. The maximum atomic E-state index is 12.9. The van der Waals surface area contributed by atoms with Crippen LogP contribution >= 0.6 is 0 Å². The predicted octanol–water partition coefficient (Wildman–Crippen LogP) is 2.33. The van der Waals surface area contributed by atoms with Crippen molar-refractivity contribution in [1.29, 1.82) is 0 Å². The van der Waals surface area contributed by atoms with E-state index in [2.05, 4.69) is 26.1 Å². The van der Waals surface area contributed by atoms with Crippen molar-refractivity contribution < 1.29 is 9.59 Å². The molecule has 2 rings (SSSR count). The smallest absolute Gasteiger partial charge is 0.246 e. The average Bonchev–Trinajstić information content (AvgIpc) is 2.73. The molecule has 2 fully saturated rings. The third-order valence-electron chi connectivity index (χ3n) is 5.36. The van der Waals surface area contributed by atoms with Crippen molar-refractivity contribution in [3.8, 4) is 0 Å². The van der Waals surface area contributed by atoms with E-state index in [4.69, 9.17) is 0 Å². The van der Waals surface area contributed by atoms with E-state index in [1.165, 1.54) is 0 Å². The lowest BCUT2D eigenvalue weighted by atomic mass is 9.84. The largest absolute Gasteiger partial charge is 0.342 e. The lowest BCUT2D eigenvalue weighted by Crippen LogP contribution is -2.67. The van der Waals surface area contributed by atoms with Crippen LogP contribution < -0.4 is 5.32 Å². The van der Waals surface area contributed by atoms with Gasteiger partial charge in [0, 0.05) is 6.04 Å². The first-order valence-electron chi connectivity index (χ1n) is 7.92. The van der Waals surface area contributed by atoms with Crippen molar-refractivity contribution >= 4 is 11.8 Å². The highest BCUT2D eigenvalue weighted by Crippen LogP contribution is 2.42.